The normalized spacial score (nSPS) is 44.1. The van der Waals surface area contributed by atoms with E-state index in [-0.39, 0.29) is 17.9 Å². The molecule has 25 heavy (non-hydrogen) atoms. The van der Waals surface area contributed by atoms with E-state index in [1.54, 1.807) is 6.08 Å². The molecule has 0 aromatic carbocycles. The number of allylic oxidation sites excluding steroid dienone is 2. The average Bonchev–Trinajstić information content (AvgIpc) is 2.94. The molecule has 5 atom stereocenters. The zero-order valence-corrected chi connectivity index (χ0v) is 14.7. The summed E-state index contributed by atoms with van der Waals surface area (Å²) in [4.78, 5) is 25.8. The Morgan fingerprint density at radius 2 is 2.28 bits per heavy atom. The van der Waals surface area contributed by atoms with Crippen LogP contribution in [0.2, 0.25) is 0 Å². The lowest BCUT2D eigenvalue weighted by Gasteiger charge is -2.54. The molecule has 0 unspecified atom stereocenters. The summed E-state index contributed by atoms with van der Waals surface area (Å²) in [5, 5.41) is 0. The van der Waals surface area contributed by atoms with E-state index in [1.165, 1.54) is 25.9 Å². The Hall–Kier alpha value is -1.72. The maximum Gasteiger partial charge on any atom is 0.316 e. The second-order valence-electron chi connectivity index (χ2n) is 7.50. The molecule has 5 nitrogen and oxygen atoms in total. The van der Waals surface area contributed by atoms with Gasteiger partial charge in [0, 0.05) is 12.5 Å². The SMILES string of the molecule is C=CC[C@@]12C3=CC[C@]4(C(=O)OC)C=CC(=O)[C@](OC)(O[C@H]1CCC3)[C@H]24. The lowest BCUT2D eigenvalue weighted by atomic mass is 9.47. The van der Waals surface area contributed by atoms with E-state index in [0.29, 0.717) is 12.8 Å². The highest BCUT2D eigenvalue weighted by Crippen LogP contribution is 2.70. The minimum atomic E-state index is -1.43. The van der Waals surface area contributed by atoms with Gasteiger partial charge in [-0.15, -0.1) is 6.58 Å². The van der Waals surface area contributed by atoms with Crippen LogP contribution in [0.3, 0.4) is 0 Å². The molecular weight excluding hydrogens is 320 g/mol. The molecule has 1 saturated carbocycles. The third-order valence-electron chi connectivity index (χ3n) is 6.73. The summed E-state index contributed by atoms with van der Waals surface area (Å²) in [6.45, 7) is 3.94. The van der Waals surface area contributed by atoms with Crippen molar-refractivity contribution in [3.05, 3.63) is 36.5 Å². The van der Waals surface area contributed by atoms with Crippen molar-refractivity contribution in [2.75, 3.05) is 14.2 Å². The van der Waals surface area contributed by atoms with Crippen molar-refractivity contribution in [1.82, 2.24) is 0 Å². The first-order valence-corrected chi connectivity index (χ1v) is 8.87. The van der Waals surface area contributed by atoms with Gasteiger partial charge in [0.25, 0.3) is 0 Å². The van der Waals surface area contributed by atoms with Gasteiger partial charge in [0.2, 0.25) is 11.6 Å². The van der Waals surface area contributed by atoms with Crippen LogP contribution >= 0.6 is 0 Å². The van der Waals surface area contributed by atoms with Crippen molar-refractivity contribution in [1.29, 1.82) is 0 Å². The summed E-state index contributed by atoms with van der Waals surface area (Å²) in [7, 11) is 2.89. The predicted molar refractivity (Wildman–Crippen MR) is 90.5 cm³/mol. The maximum absolute atomic E-state index is 12.9. The van der Waals surface area contributed by atoms with E-state index in [2.05, 4.69) is 12.7 Å². The fourth-order valence-corrected chi connectivity index (χ4v) is 5.88. The van der Waals surface area contributed by atoms with Gasteiger partial charge >= 0.3 is 5.97 Å². The number of ketones is 1. The van der Waals surface area contributed by atoms with Crippen LogP contribution in [0, 0.1) is 16.7 Å². The van der Waals surface area contributed by atoms with Crippen molar-refractivity contribution in [3.8, 4) is 0 Å². The lowest BCUT2D eigenvalue weighted by Crippen LogP contribution is -2.62. The van der Waals surface area contributed by atoms with Crippen LogP contribution in [0.1, 0.15) is 32.1 Å². The molecule has 1 aliphatic heterocycles. The van der Waals surface area contributed by atoms with E-state index >= 15 is 0 Å². The van der Waals surface area contributed by atoms with Gasteiger partial charge in [0.15, 0.2) is 0 Å². The zero-order valence-electron chi connectivity index (χ0n) is 14.7. The van der Waals surface area contributed by atoms with Crippen LogP contribution in [0.15, 0.2) is 36.5 Å². The summed E-state index contributed by atoms with van der Waals surface area (Å²) in [6.07, 6.45) is 11.0. The van der Waals surface area contributed by atoms with Crippen molar-refractivity contribution < 1.29 is 23.8 Å². The molecule has 0 aromatic rings. The monoisotopic (exact) mass is 344 g/mol. The number of hydrogen-bond donors (Lipinski definition) is 0. The molecule has 0 spiro atoms. The third-order valence-corrected chi connectivity index (χ3v) is 6.73. The van der Waals surface area contributed by atoms with Gasteiger partial charge in [-0.2, -0.15) is 0 Å². The molecule has 2 fully saturated rings. The highest BCUT2D eigenvalue weighted by atomic mass is 16.7. The van der Waals surface area contributed by atoms with Crippen molar-refractivity contribution in [2.24, 2.45) is 16.7 Å². The second kappa shape index (κ2) is 5.39. The molecule has 5 heteroatoms. The smallest absolute Gasteiger partial charge is 0.316 e. The first-order chi connectivity index (χ1) is 12.0. The van der Waals surface area contributed by atoms with E-state index in [9.17, 15) is 9.59 Å². The van der Waals surface area contributed by atoms with Crippen molar-refractivity contribution >= 4 is 11.8 Å². The van der Waals surface area contributed by atoms with Crippen LogP contribution in [-0.4, -0.2) is 37.9 Å². The summed E-state index contributed by atoms with van der Waals surface area (Å²) in [5.74, 6) is -2.43. The molecule has 4 rings (SSSR count). The van der Waals surface area contributed by atoms with Gasteiger partial charge in [-0.05, 0) is 38.2 Å². The fourth-order valence-electron chi connectivity index (χ4n) is 5.88. The molecule has 0 aromatic heterocycles. The molecule has 0 bridgehead atoms. The van der Waals surface area contributed by atoms with Gasteiger partial charge in [0.1, 0.15) is 0 Å². The Morgan fingerprint density at radius 3 is 2.96 bits per heavy atom. The van der Waals surface area contributed by atoms with Crippen molar-refractivity contribution in [3.63, 3.8) is 0 Å². The molecule has 4 aliphatic rings. The van der Waals surface area contributed by atoms with E-state index < -0.39 is 22.5 Å². The summed E-state index contributed by atoms with van der Waals surface area (Å²) < 4.78 is 17.3. The first kappa shape index (κ1) is 16.7. The van der Waals surface area contributed by atoms with Crippen LogP contribution in [0.25, 0.3) is 0 Å². The van der Waals surface area contributed by atoms with E-state index in [4.69, 9.17) is 14.2 Å². The Balaban J connectivity index is 2.04. The predicted octanol–water partition coefficient (Wildman–Crippen LogP) is 2.72. The minimum Gasteiger partial charge on any atom is -0.468 e. The molecule has 3 aliphatic carbocycles. The first-order valence-electron chi connectivity index (χ1n) is 8.87. The number of hydrogen-bond acceptors (Lipinski definition) is 5. The minimum absolute atomic E-state index is 0.163. The zero-order chi connectivity index (χ0) is 17.9. The Bertz CT molecular complexity index is 707. The second-order valence-corrected chi connectivity index (χ2v) is 7.50. The van der Waals surface area contributed by atoms with E-state index in [0.717, 1.165) is 19.3 Å². The Labute approximate surface area is 147 Å². The Kier molecular flexibility index (Phi) is 3.61. The van der Waals surface area contributed by atoms with Gasteiger partial charge in [-0.1, -0.05) is 23.8 Å². The number of carbonyl (C=O) groups excluding carboxylic acids is 2. The Morgan fingerprint density at radius 1 is 1.48 bits per heavy atom. The third kappa shape index (κ3) is 1.75. The molecule has 1 saturated heterocycles. The maximum atomic E-state index is 12.9. The summed E-state index contributed by atoms with van der Waals surface area (Å²) in [5.41, 5.74) is -0.115. The van der Waals surface area contributed by atoms with Crippen LogP contribution in [0.5, 0.6) is 0 Å². The topological polar surface area (TPSA) is 61.8 Å². The fraction of sp³-hybridized carbons (Fsp3) is 0.600. The van der Waals surface area contributed by atoms with Crippen molar-refractivity contribution in [2.45, 2.75) is 44.0 Å². The highest BCUT2D eigenvalue weighted by molar-refractivity contribution is 6.01. The highest BCUT2D eigenvalue weighted by Gasteiger charge is 2.76. The van der Waals surface area contributed by atoms with E-state index in [1.807, 2.05) is 6.08 Å². The van der Waals surface area contributed by atoms with Gasteiger partial charge in [-0.3, -0.25) is 9.59 Å². The standard InChI is InChI=1S/C20H24O5/c1-4-10-19-13-6-5-7-15(19)25-20(24-3)14(21)9-12-18(11-8-13,16(19)20)17(22)23-2/h4,8-9,12,15-16H,1,5-7,10-11H2,2-3H3/t15-,16-,18-,19+,20-/m0/s1. The number of esters is 1. The lowest BCUT2D eigenvalue weighted by molar-refractivity contribution is -0.234. The summed E-state index contributed by atoms with van der Waals surface area (Å²) >= 11 is 0. The largest absolute Gasteiger partial charge is 0.468 e. The molecule has 0 amide bonds. The number of methoxy groups -OCH3 is 2. The molecule has 0 radical (unpaired) electrons. The van der Waals surface area contributed by atoms with Crippen LogP contribution in [-0.2, 0) is 23.8 Å². The number of rotatable bonds is 4. The number of carbonyl (C=O) groups is 2. The summed E-state index contributed by atoms with van der Waals surface area (Å²) in [6, 6.07) is 0. The van der Waals surface area contributed by atoms with Crippen LogP contribution < -0.4 is 0 Å². The van der Waals surface area contributed by atoms with Gasteiger partial charge < -0.3 is 14.2 Å². The van der Waals surface area contributed by atoms with Crippen LogP contribution in [0.4, 0.5) is 0 Å². The molecule has 1 heterocycles. The molecular formula is C20H24O5. The number of ether oxygens (including phenoxy) is 3. The quantitative estimate of drug-likeness (QED) is 0.580. The molecule has 0 N–H and O–H groups in total. The van der Waals surface area contributed by atoms with Gasteiger partial charge in [-0.25, -0.2) is 0 Å². The molecule has 134 valence electrons. The average molecular weight is 344 g/mol. The van der Waals surface area contributed by atoms with Gasteiger partial charge in [0.05, 0.1) is 24.5 Å².